The van der Waals surface area contributed by atoms with Crippen molar-refractivity contribution in [2.75, 3.05) is 0 Å². The van der Waals surface area contributed by atoms with Gasteiger partial charge in [-0.05, 0) is 86.3 Å². The molecule has 10 aromatic carbocycles. The largest absolute Gasteiger partial charge is 0.454 e. The second kappa shape index (κ2) is 14.5. The first-order valence-corrected chi connectivity index (χ1v) is 21.6. The zero-order chi connectivity index (χ0) is 42.1. The van der Waals surface area contributed by atoms with E-state index in [0.29, 0.717) is 17.5 Å². The highest BCUT2D eigenvalue weighted by molar-refractivity contribution is 6.14. The number of benzene rings is 10. The molecule has 5 nitrogen and oxygen atoms in total. The quantitative estimate of drug-likeness (QED) is 0.168. The van der Waals surface area contributed by atoms with E-state index in [0.717, 1.165) is 77.2 Å². The van der Waals surface area contributed by atoms with Crippen molar-refractivity contribution in [2.24, 2.45) is 0 Å². The zero-order valence-corrected chi connectivity index (χ0v) is 34.5. The Morgan fingerprint density at radius 1 is 0.297 bits per heavy atom. The molecule has 3 heterocycles. The molecule has 0 amide bonds. The van der Waals surface area contributed by atoms with Crippen LogP contribution >= 0.6 is 0 Å². The molecule has 0 spiro atoms. The van der Waals surface area contributed by atoms with E-state index in [4.69, 9.17) is 19.4 Å². The van der Waals surface area contributed by atoms with E-state index in [9.17, 15) is 0 Å². The van der Waals surface area contributed by atoms with Gasteiger partial charge in [-0.15, -0.1) is 0 Å². The fourth-order valence-electron chi connectivity index (χ4n) is 9.42. The summed E-state index contributed by atoms with van der Waals surface area (Å²) in [7, 11) is 0. The molecule has 0 atom stereocenters. The van der Waals surface area contributed by atoms with Gasteiger partial charge in [-0.1, -0.05) is 176 Å². The second-order valence-corrected chi connectivity index (χ2v) is 16.4. The van der Waals surface area contributed by atoms with Crippen LogP contribution in [0.25, 0.3) is 127 Å². The van der Waals surface area contributed by atoms with Crippen LogP contribution in [-0.4, -0.2) is 19.5 Å². The molecule has 0 saturated carbocycles. The van der Waals surface area contributed by atoms with Gasteiger partial charge in [0, 0.05) is 38.2 Å². The summed E-state index contributed by atoms with van der Waals surface area (Å²) in [5, 5.41) is 9.02. The SMILES string of the molecule is c1ccc(-c2ccc3c4ccc(-c5ccccc5)cc4n(-c4cccc5c4oc4cc(-c6nc(-c7ccc8ccccc8c7)nc(-c7ccc8ccccc8c7)n6)ccc45)c3c2)cc1. The van der Waals surface area contributed by atoms with E-state index in [-0.39, 0.29) is 0 Å². The molecule has 3 aromatic heterocycles. The number of hydrogen-bond donors (Lipinski definition) is 0. The van der Waals surface area contributed by atoms with Crippen LogP contribution in [0.15, 0.2) is 223 Å². The van der Waals surface area contributed by atoms with Gasteiger partial charge in [-0.2, -0.15) is 0 Å². The van der Waals surface area contributed by atoms with Crippen molar-refractivity contribution in [3.8, 4) is 62.1 Å². The molecule has 0 saturated heterocycles. The minimum atomic E-state index is 0.577. The van der Waals surface area contributed by atoms with Crippen molar-refractivity contribution >= 4 is 65.3 Å². The van der Waals surface area contributed by atoms with Crippen LogP contribution in [0.2, 0.25) is 0 Å². The number of rotatable bonds is 6. The van der Waals surface area contributed by atoms with E-state index < -0.39 is 0 Å². The first-order valence-electron chi connectivity index (χ1n) is 21.6. The molecule has 13 rings (SSSR count). The first-order chi connectivity index (χ1) is 31.7. The summed E-state index contributed by atoms with van der Waals surface area (Å²) in [6, 6.07) is 77.1. The molecule has 0 aliphatic rings. The van der Waals surface area contributed by atoms with Crippen LogP contribution in [-0.2, 0) is 0 Å². The van der Waals surface area contributed by atoms with Gasteiger partial charge < -0.3 is 8.98 Å². The molecule has 0 aliphatic heterocycles. The summed E-state index contributed by atoms with van der Waals surface area (Å²) >= 11 is 0. The van der Waals surface area contributed by atoms with Crippen LogP contribution in [0.1, 0.15) is 0 Å². The molecule has 0 radical (unpaired) electrons. The Labute approximate surface area is 368 Å². The summed E-state index contributed by atoms with van der Waals surface area (Å²) in [6.07, 6.45) is 0. The minimum Gasteiger partial charge on any atom is -0.454 e. The maximum atomic E-state index is 7.03. The van der Waals surface area contributed by atoms with E-state index in [1.165, 1.54) is 32.7 Å². The third kappa shape index (κ3) is 5.98. The van der Waals surface area contributed by atoms with Gasteiger partial charge in [0.15, 0.2) is 23.1 Å². The van der Waals surface area contributed by atoms with Gasteiger partial charge >= 0.3 is 0 Å². The van der Waals surface area contributed by atoms with E-state index in [2.05, 4.69) is 223 Å². The summed E-state index contributed by atoms with van der Waals surface area (Å²) in [5.41, 5.74) is 12.1. The minimum absolute atomic E-state index is 0.577. The van der Waals surface area contributed by atoms with E-state index in [1.54, 1.807) is 0 Å². The number of nitrogens with zero attached hydrogens (tertiary/aromatic N) is 4. The Balaban J connectivity index is 1.00. The van der Waals surface area contributed by atoms with Crippen LogP contribution < -0.4 is 0 Å². The highest BCUT2D eigenvalue weighted by Gasteiger charge is 2.21. The Hall–Kier alpha value is -8.67. The molecule has 0 unspecified atom stereocenters. The van der Waals surface area contributed by atoms with E-state index >= 15 is 0 Å². The van der Waals surface area contributed by atoms with Gasteiger partial charge in [-0.3, -0.25) is 0 Å². The van der Waals surface area contributed by atoms with Crippen molar-refractivity contribution in [2.45, 2.75) is 0 Å². The number of para-hydroxylation sites is 1. The van der Waals surface area contributed by atoms with Crippen molar-refractivity contribution in [3.63, 3.8) is 0 Å². The average Bonchev–Trinajstić information content (AvgIpc) is 3.91. The number of aromatic nitrogens is 4. The molecule has 64 heavy (non-hydrogen) atoms. The van der Waals surface area contributed by atoms with Crippen molar-refractivity contribution in [1.29, 1.82) is 0 Å². The Kier molecular flexibility index (Phi) is 8.15. The summed E-state index contributed by atoms with van der Waals surface area (Å²) in [4.78, 5) is 15.4. The van der Waals surface area contributed by atoms with Crippen LogP contribution in [0, 0.1) is 0 Å². The molecule has 0 bridgehead atoms. The lowest BCUT2D eigenvalue weighted by Gasteiger charge is -2.10. The molecule has 298 valence electrons. The maximum Gasteiger partial charge on any atom is 0.164 e. The lowest BCUT2D eigenvalue weighted by atomic mass is 10.0. The Morgan fingerprint density at radius 3 is 1.30 bits per heavy atom. The number of hydrogen-bond acceptors (Lipinski definition) is 4. The smallest absolute Gasteiger partial charge is 0.164 e. The predicted molar refractivity (Wildman–Crippen MR) is 264 cm³/mol. The topological polar surface area (TPSA) is 56.7 Å². The molecular formula is C59H36N4O. The fourth-order valence-corrected chi connectivity index (χ4v) is 9.42. The third-order valence-electron chi connectivity index (χ3n) is 12.6. The molecule has 13 aromatic rings. The lowest BCUT2D eigenvalue weighted by molar-refractivity contribution is 0.666. The standard InChI is InChI=1S/C59H36N4O/c1-3-12-37(13-4-1)43-26-29-48-49-30-27-44(38-14-5-2-6-15-38)35-54(49)63(53(48)34-43)52-21-11-20-51-50-31-28-47(36-55(50)64-56(51)52)59-61-57(45-24-22-39-16-7-9-18-41(39)32-45)60-58(62-59)46-25-23-40-17-8-10-19-42(40)33-46/h1-36H. The normalized spacial score (nSPS) is 11.8. The summed E-state index contributed by atoms with van der Waals surface area (Å²) in [6.45, 7) is 0. The highest BCUT2D eigenvalue weighted by Crippen LogP contribution is 2.41. The van der Waals surface area contributed by atoms with Gasteiger partial charge in [0.1, 0.15) is 5.58 Å². The lowest BCUT2D eigenvalue weighted by Crippen LogP contribution is -2.00. The third-order valence-corrected chi connectivity index (χ3v) is 12.6. The monoisotopic (exact) mass is 816 g/mol. The zero-order valence-electron chi connectivity index (χ0n) is 34.5. The predicted octanol–water partition coefficient (Wildman–Crippen LogP) is 15.5. The van der Waals surface area contributed by atoms with Gasteiger partial charge in [0.25, 0.3) is 0 Å². The van der Waals surface area contributed by atoms with Crippen LogP contribution in [0.5, 0.6) is 0 Å². The fraction of sp³-hybridized carbons (Fsp3) is 0. The Bertz CT molecular complexity index is 3770. The molecular weight excluding hydrogens is 781 g/mol. The van der Waals surface area contributed by atoms with Crippen LogP contribution in [0.4, 0.5) is 0 Å². The van der Waals surface area contributed by atoms with Gasteiger partial charge in [0.05, 0.1) is 16.7 Å². The number of furan rings is 1. The molecule has 0 fully saturated rings. The summed E-state index contributed by atoms with van der Waals surface area (Å²) < 4.78 is 9.41. The van der Waals surface area contributed by atoms with Crippen molar-refractivity contribution in [3.05, 3.63) is 218 Å². The molecule has 5 heteroatoms. The average molecular weight is 817 g/mol. The Morgan fingerprint density at radius 2 is 0.750 bits per heavy atom. The van der Waals surface area contributed by atoms with Crippen LogP contribution in [0.3, 0.4) is 0 Å². The second-order valence-electron chi connectivity index (χ2n) is 16.4. The van der Waals surface area contributed by atoms with Crippen molar-refractivity contribution in [1.82, 2.24) is 19.5 Å². The summed E-state index contributed by atoms with van der Waals surface area (Å²) in [5.74, 6) is 1.80. The van der Waals surface area contributed by atoms with Gasteiger partial charge in [-0.25, -0.2) is 15.0 Å². The highest BCUT2D eigenvalue weighted by atomic mass is 16.3. The van der Waals surface area contributed by atoms with E-state index in [1.807, 2.05) is 0 Å². The number of fused-ring (bicyclic) bond motifs is 8. The molecule has 0 aliphatic carbocycles. The maximum absolute atomic E-state index is 7.03. The molecule has 0 N–H and O–H groups in total. The first kappa shape index (κ1) is 36.0. The van der Waals surface area contributed by atoms with Gasteiger partial charge in [0.2, 0.25) is 0 Å². The van der Waals surface area contributed by atoms with Crippen molar-refractivity contribution < 1.29 is 4.42 Å².